The van der Waals surface area contributed by atoms with Gasteiger partial charge in [0.05, 0.1) is 6.61 Å². The molecule has 1 aliphatic carbocycles. The second-order valence-corrected chi connectivity index (χ2v) is 5.62. The fraction of sp³-hybridized carbons (Fsp3) is 0.533. The van der Waals surface area contributed by atoms with E-state index in [0.29, 0.717) is 19.4 Å². The summed E-state index contributed by atoms with van der Waals surface area (Å²) in [4.78, 5) is 11.8. The highest BCUT2D eigenvalue weighted by molar-refractivity contribution is 5.76. The molecular formula is C15H19NO4. The van der Waals surface area contributed by atoms with Gasteiger partial charge in [0.25, 0.3) is 0 Å². The van der Waals surface area contributed by atoms with Crippen molar-refractivity contribution in [2.45, 2.75) is 25.7 Å². The van der Waals surface area contributed by atoms with Gasteiger partial charge in [0.1, 0.15) is 0 Å². The highest BCUT2D eigenvalue weighted by atomic mass is 16.7. The van der Waals surface area contributed by atoms with E-state index in [-0.39, 0.29) is 24.7 Å². The van der Waals surface area contributed by atoms with Gasteiger partial charge in [-0.25, -0.2) is 0 Å². The average molecular weight is 277 g/mol. The largest absolute Gasteiger partial charge is 0.454 e. The lowest BCUT2D eigenvalue weighted by Crippen LogP contribution is -2.31. The van der Waals surface area contributed by atoms with Crippen LogP contribution in [-0.4, -0.2) is 31.0 Å². The Kier molecular flexibility index (Phi) is 3.53. The molecule has 0 radical (unpaired) electrons. The van der Waals surface area contributed by atoms with Gasteiger partial charge in [0, 0.05) is 18.4 Å². The minimum Gasteiger partial charge on any atom is -0.454 e. The van der Waals surface area contributed by atoms with Crippen molar-refractivity contribution in [1.82, 2.24) is 5.32 Å². The Hall–Kier alpha value is -1.75. The number of aliphatic hydroxyl groups is 1. The van der Waals surface area contributed by atoms with Crippen molar-refractivity contribution in [1.29, 1.82) is 0 Å². The summed E-state index contributed by atoms with van der Waals surface area (Å²) in [5.41, 5.74) is 1.03. The van der Waals surface area contributed by atoms with Crippen LogP contribution in [0, 0.1) is 5.41 Å². The zero-order valence-corrected chi connectivity index (χ0v) is 11.4. The first kappa shape index (κ1) is 13.2. The maximum atomic E-state index is 11.8. The van der Waals surface area contributed by atoms with Crippen LogP contribution in [-0.2, 0) is 11.2 Å². The van der Waals surface area contributed by atoms with Crippen LogP contribution in [0.3, 0.4) is 0 Å². The molecule has 5 nitrogen and oxygen atoms in total. The molecule has 108 valence electrons. The van der Waals surface area contributed by atoms with Gasteiger partial charge in [0.15, 0.2) is 11.5 Å². The lowest BCUT2D eigenvalue weighted by atomic mass is 10.1. The molecule has 1 aliphatic heterocycles. The Balaban J connectivity index is 1.46. The first-order valence-corrected chi connectivity index (χ1v) is 6.97. The van der Waals surface area contributed by atoms with E-state index in [1.807, 2.05) is 18.2 Å². The highest BCUT2D eigenvalue weighted by Gasteiger charge is 2.41. The van der Waals surface area contributed by atoms with E-state index in [1.165, 1.54) is 0 Å². The van der Waals surface area contributed by atoms with Gasteiger partial charge in [-0.2, -0.15) is 0 Å². The van der Waals surface area contributed by atoms with Crippen LogP contribution in [0.1, 0.15) is 24.8 Å². The van der Waals surface area contributed by atoms with Crippen molar-refractivity contribution >= 4 is 5.91 Å². The second kappa shape index (κ2) is 5.32. The van der Waals surface area contributed by atoms with Crippen molar-refractivity contribution in [3.63, 3.8) is 0 Å². The van der Waals surface area contributed by atoms with Crippen LogP contribution in [0.25, 0.3) is 0 Å². The number of carbonyl (C=O) groups is 1. The molecule has 2 N–H and O–H groups in total. The van der Waals surface area contributed by atoms with Crippen molar-refractivity contribution in [2.75, 3.05) is 19.9 Å². The predicted octanol–water partition coefficient (Wildman–Crippen LogP) is 1.24. The molecular weight excluding hydrogens is 258 g/mol. The summed E-state index contributed by atoms with van der Waals surface area (Å²) in [5, 5.41) is 12.1. The average Bonchev–Trinajstić information content (AvgIpc) is 3.11. The molecule has 1 aromatic carbocycles. The predicted molar refractivity (Wildman–Crippen MR) is 72.6 cm³/mol. The van der Waals surface area contributed by atoms with E-state index in [2.05, 4.69) is 5.32 Å². The molecule has 0 bridgehead atoms. The Morgan fingerprint density at radius 2 is 2.10 bits per heavy atom. The lowest BCUT2D eigenvalue weighted by molar-refractivity contribution is -0.121. The van der Waals surface area contributed by atoms with Gasteiger partial charge in [0.2, 0.25) is 12.7 Å². The second-order valence-electron chi connectivity index (χ2n) is 5.62. The smallest absolute Gasteiger partial charge is 0.231 e. The van der Waals surface area contributed by atoms with Gasteiger partial charge in [-0.1, -0.05) is 6.07 Å². The number of ether oxygens (including phenoxy) is 2. The van der Waals surface area contributed by atoms with Crippen molar-refractivity contribution in [3.05, 3.63) is 23.8 Å². The quantitative estimate of drug-likeness (QED) is 0.821. The molecule has 1 amide bonds. The first-order valence-electron chi connectivity index (χ1n) is 6.97. The summed E-state index contributed by atoms with van der Waals surface area (Å²) in [5.74, 6) is 1.54. The van der Waals surface area contributed by atoms with Crippen molar-refractivity contribution < 1.29 is 19.4 Å². The molecule has 0 atom stereocenters. The van der Waals surface area contributed by atoms with Crippen LogP contribution in [0.4, 0.5) is 0 Å². The molecule has 3 rings (SSSR count). The summed E-state index contributed by atoms with van der Waals surface area (Å²) in [6.07, 6.45) is 3.13. The van der Waals surface area contributed by atoms with Crippen molar-refractivity contribution in [3.8, 4) is 11.5 Å². The molecule has 1 aromatic rings. The molecule has 0 spiro atoms. The maximum Gasteiger partial charge on any atom is 0.231 e. The van der Waals surface area contributed by atoms with Gasteiger partial charge in [-0.3, -0.25) is 4.79 Å². The minimum atomic E-state index is -0.0333. The Labute approximate surface area is 117 Å². The van der Waals surface area contributed by atoms with Gasteiger partial charge < -0.3 is 19.9 Å². The van der Waals surface area contributed by atoms with E-state index in [9.17, 15) is 9.90 Å². The monoisotopic (exact) mass is 277 g/mol. The molecule has 1 heterocycles. The number of benzene rings is 1. The molecule has 5 heteroatoms. The van der Waals surface area contributed by atoms with Gasteiger partial charge >= 0.3 is 0 Å². The zero-order chi connectivity index (χ0) is 14.0. The lowest BCUT2D eigenvalue weighted by Gasteiger charge is -2.12. The Morgan fingerprint density at radius 3 is 2.85 bits per heavy atom. The third-order valence-electron chi connectivity index (χ3n) is 4.03. The van der Waals surface area contributed by atoms with Crippen molar-refractivity contribution in [2.24, 2.45) is 5.41 Å². The zero-order valence-electron chi connectivity index (χ0n) is 11.4. The summed E-state index contributed by atoms with van der Waals surface area (Å²) in [7, 11) is 0. The molecule has 1 saturated carbocycles. The molecule has 1 fully saturated rings. The van der Waals surface area contributed by atoms with E-state index >= 15 is 0 Å². The summed E-state index contributed by atoms with van der Waals surface area (Å²) < 4.78 is 10.6. The standard InChI is InChI=1S/C15H19NO4/c17-9-15(5-6-15)8-16-14(18)4-2-11-1-3-12-13(7-11)20-10-19-12/h1,3,7,17H,2,4-6,8-10H2,(H,16,18). The topological polar surface area (TPSA) is 67.8 Å². The van der Waals surface area contributed by atoms with Crippen LogP contribution in [0.15, 0.2) is 18.2 Å². The number of nitrogens with one attached hydrogen (secondary N) is 1. The maximum absolute atomic E-state index is 11.8. The third kappa shape index (κ3) is 2.88. The normalized spacial score (nSPS) is 17.9. The number of aliphatic hydroxyl groups excluding tert-OH is 1. The number of rotatable bonds is 6. The van der Waals surface area contributed by atoms with Gasteiger partial charge in [-0.05, 0) is 37.0 Å². The number of amides is 1. The fourth-order valence-corrected chi connectivity index (χ4v) is 2.30. The van der Waals surface area contributed by atoms with Crippen LogP contribution >= 0.6 is 0 Å². The fourth-order valence-electron chi connectivity index (χ4n) is 2.30. The first-order chi connectivity index (χ1) is 9.71. The van der Waals surface area contributed by atoms with E-state index < -0.39 is 0 Å². The Morgan fingerprint density at radius 1 is 1.30 bits per heavy atom. The third-order valence-corrected chi connectivity index (χ3v) is 4.03. The molecule has 0 saturated heterocycles. The number of aryl methyl sites for hydroxylation is 1. The van der Waals surface area contributed by atoms with Crippen LogP contribution in [0.5, 0.6) is 11.5 Å². The highest BCUT2D eigenvalue weighted by Crippen LogP contribution is 2.44. The number of carbonyl (C=O) groups excluding carboxylic acids is 1. The number of fused-ring (bicyclic) bond motifs is 1. The van der Waals surface area contributed by atoms with E-state index in [4.69, 9.17) is 9.47 Å². The minimum absolute atomic E-state index is 0.0300. The molecule has 2 aliphatic rings. The summed E-state index contributed by atoms with van der Waals surface area (Å²) in [6, 6.07) is 5.75. The van der Waals surface area contributed by atoms with Crippen LogP contribution < -0.4 is 14.8 Å². The molecule has 20 heavy (non-hydrogen) atoms. The Bertz CT molecular complexity index is 511. The molecule has 0 unspecified atom stereocenters. The SMILES string of the molecule is O=C(CCc1ccc2c(c1)OCO2)NCC1(CO)CC1. The van der Waals surface area contributed by atoms with Crippen LogP contribution in [0.2, 0.25) is 0 Å². The van der Waals surface area contributed by atoms with E-state index in [1.54, 1.807) is 0 Å². The van der Waals surface area contributed by atoms with Gasteiger partial charge in [-0.15, -0.1) is 0 Å². The summed E-state index contributed by atoms with van der Waals surface area (Å²) in [6.45, 7) is 1.02. The number of hydrogen-bond donors (Lipinski definition) is 2. The van der Waals surface area contributed by atoms with E-state index in [0.717, 1.165) is 29.9 Å². The number of hydrogen-bond acceptors (Lipinski definition) is 4. The summed E-state index contributed by atoms with van der Waals surface area (Å²) >= 11 is 0. The molecule has 0 aromatic heterocycles.